The highest BCUT2D eigenvalue weighted by atomic mass is 16.6. The van der Waals surface area contributed by atoms with Crippen LogP contribution >= 0.6 is 0 Å². The zero-order chi connectivity index (χ0) is 21.5. The lowest BCUT2D eigenvalue weighted by Gasteiger charge is -2.30. The molecule has 2 aromatic rings. The molecule has 0 saturated heterocycles. The molecule has 0 fully saturated rings. The predicted octanol–water partition coefficient (Wildman–Crippen LogP) is 3.50. The van der Waals surface area contributed by atoms with Crippen molar-refractivity contribution in [2.75, 3.05) is 23.7 Å². The van der Waals surface area contributed by atoms with Crippen LogP contribution < -0.4 is 15.4 Å². The second-order valence-corrected chi connectivity index (χ2v) is 8.23. The first kappa shape index (κ1) is 19.8. The molecule has 0 aliphatic carbocycles. The average molecular weight is 409 g/mol. The molecule has 2 aliphatic heterocycles. The van der Waals surface area contributed by atoms with Gasteiger partial charge in [-0.2, -0.15) is 0 Å². The molecule has 0 bridgehead atoms. The van der Waals surface area contributed by atoms with Crippen molar-refractivity contribution in [3.8, 4) is 5.75 Å². The Morgan fingerprint density at radius 1 is 1.17 bits per heavy atom. The van der Waals surface area contributed by atoms with Crippen LogP contribution in [-0.4, -0.2) is 47.6 Å². The molecule has 1 unspecified atom stereocenters. The molecule has 2 aliphatic rings. The number of nitrogens with zero attached hydrogens (tertiary/aromatic N) is 1. The van der Waals surface area contributed by atoms with E-state index >= 15 is 0 Å². The van der Waals surface area contributed by atoms with E-state index in [0.29, 0.717) is 34.8 Å². The fraction of sp³-hybridized carbons (Fsp3) is 0.318. The zero-order valence-corrected chi connectivity index (χ0v) is 17.0. The third kappa shape index (κ3) is 3.94. The van der Waals surface area contributed by atoms with Gasteiger partial charge in [-0.1, -0.05) is 12.1 Å². The van der Waals surface area contributed by atoms with Crippen molar-refractivity contribution in [3.63, 3.8) is 0 Å². The van der Waals surface area contributed by atoms with Crippen molar-refractivity contribution in [2.24, 2.45) is 0 Å². The van der Waals surface area contributed by atoms with E-state index in [1.54, 1.807) is 63.2 Å². The molecule has 0 spiro atoms. The molecular formula is C22H23N3O5. The summed E-state index contributed by atoms with van der Waals surface area (Å²) in [5.41, 5.74) is 1.53. The Morgan fingerprint density at radius 3 is 2.47 bits per heavy atom. The number of imide groups is 1. The van der Waals surface area contributed by atoms with E-state index in [1.807, 2.05) is 0 Å². The van der Waals surface area contributed by atoms with Crippen LogP contribution in [0, 0.1) is 0 Å². The number of hydrogen-bond donors (Lipinski definition) is 2. The first-order valence-corrected chi connectivity index (χ1v) is 9.71. The second-order valence-electron chi connectivity index (χ2n) is 8.23. The second kappa shape index (κ2) is 7.37. The van der Waals surface area contributed by atoms with Gasteiger partial charge in [0.15, 0.2) is 0 Å². The normalized spacial score (nSPS) is 17.6. The van der Waals surface area contributed by atoms with Crippen LogP contribution in [0.4, 0.5) is 16.2 Å². The first-order chi connectivity index (χ1) is 14.2. The van der Waals surface area contributed by atoms with Gasteiger partial charge in [0, 0.05) is 5.69 Å². The number of carbonyl (C=O) groups is 3. The number of fused-ring (bicyclic) bond motifs is 2. The van der Waals surface area contributed by atoms with Gasteiger partial charge in [-0.25, -0.2) is 4.79 Å². The Morgan fingerprint density at radius 2 is 1.83 bits per heavy atom. The number of rotatable bonds is 3. The first-order valence-electron chi connectivity index (χ1n) is 9.71. The molecule has 2 aromatic carbocycles. The maximum absolute atomic E-state index is 12.5. The van der Waals surface area contributed by atoms with Crippen LogP contribution in [0.2, 0.25) is 0 Å². The van der Waals surface area contributed by atoms with Crippen LogP contribution in [0.3, 0.4) is 0 Å². The predicted molar refractivity (Wildman–Crippen MR) is 111 cm³/mol. The van der Waals surface area contributed by atoms with Gasteiger partial charge < -0.3 is 14.8 Å². The van der Waals surface area contributed by atoms with Crippen molar-refractivity contribution >= 4 is 29.3 Å². The highest BCUT2D eigenvalue weighted by molar-refractivity contribution is 6.21. The minimum absolute atomic E-state index is 0.150. The highest BCUT2D eigenvalue weighted by Crippen LogP contribution is 2.33. The molecule has 156 valence electrons. The summed E-state index contributed by atoms with van der Waals surface area (Å²) in [6, 6.07) is 12.0. The Kier molecular flexibility index (Phi) is 4.85. The molecule has 3 amide bonds. The number of ether oxygens (including phenoxy) is 2. The van der Waals surface area contributed by atoms with E-state index in [4.69, 9.17) is 9.47 Å². The molecule has 2 heterocycles. The van der Waals surface area contributed by atoms with Gasteiger partial charge in [-0.3, -0.25) is 19.8 Å². The third-order valence-electron chi connectivity index (χ3n) is 4.70. The smallest absolute Gasteiger partial charge is 0.412 e. The lowest BCUT2D eigenvalue weighted by molar-refractivity contribution is 0.0575. The minimum atomic E-state index is -0.586. The number of carbonyl (C=O) groups excluding carboxylic acids is 3. The summed E-state index contributed by atoms with van der Waals surface area (Å²) in [4.78, 5) is 38.3. The molecule has 0 aromatic heterocycles. The van der Waals surface area contributed by atoms with E-state index < -0.39 is 11.7 Å². The van der Waals surface area contributed by atoms with Crippen molar-refractivity contribution in [1.82, 2.24) is 4.90 Å². The number of nitrogens with one attached hydrogen (secondary N) is 2. The summed E-state index contributed by atoms with van der Waals surface area (Å²) in [6.45, 7) is 5.95. The molecule has 1 atom stereocenters. The van der Waals surface area contributed by atoms with Crippen molar-refractivity contribution < 1.29 is 23.9 Å². The van der Waals surface area contributed by atoms with Crippen molar-refractivity contribution in [2.45, 2.75) is 32.5 Å². The summed E-state index contributed by atoms with van der Waals surface area (Å²) >= 11 is 0. The molecule has 2 N–H and O–H groups in total. The lowest BCUT2D eigenvalue weighted by Crippen LogP contribution is -2.44. The topological polar surface area (TPSA) is 97.0 Å². The van der Waals surface area contributed by atoms with Gasteiger partial charge in [-0.15, -0.1) is 0 Å². The van der Waals surface area contributed by atoms with Gasteiger partial charge in [0.25, 0.3) is 11.8 Å². The van der Waals surface area contributed by atoms with E-state index in [0.717, 1.165) is 0 Å². The summed E-state index contributed by atoms with van der Waals surface area (Å²) < 4.78 is 11.2. The van der Waals surface area contributed by atoms with Crippen molar-refractivity contribution in [1.29, 1.82) is 0 Å². The zero-order valence-electron chi connectivity index (χ0n) is 17.0. The minimum Gasteiger partial charge on any atom is -0.485 e. The van der Waals surface area contributed by atoms with Crippen LogP contribution in [-0.2, 0) is 4.74 Å². The van der Waals surface area contributed by atoms with Crippen LogP contribution in [0.15, 0.2) is 42.5 Å². The monoisotopic (exact) mass is 409 g/mol. The largest absolute Gasteiger partial charge is 0.485 e. The fourth-order valence-corrected chi connectivity index (χ4v) is 3.43. The number of benzene rings is 2. The number of hydrogen-bond acceptors (Lipinski definition) is 6. The number of amides is 3. The molecule has 0 saturated carbocycles. The van der Waals surface area contributed by atoms with E-state index in [-0.39, 0.29) is 24.5 Å². The Bertz CT molecular complexity index is 993. The maximum atomic E-state index is 12.5. The lowest BCUT2D eigenvalue weighted by atomic mass is 10.1. The third-order valence-corrected chi connectivity index (χ3v) is 4.70. The fourth-order valence-electron chi connectivity index (χ4n) is 3.43. The van der Waals surface area contributed by atoms with Gasteiger partial charge in [0.2, 0.25) is 0 Å². The van der Waals surface area contributed by atoms with Crippen LogP contribution in [0.25, 0.3) is 0 Å². The van der Waals surface area contributed by atoms with Crippen LogP contribution in [0.5, 0.6) is 5.75 Å². The Labute approximate surface area is 174 Å². The summed E-state index contributed by atoms with van der Waals surface area (Å²) in [6.07, 6.45) is -0.924. The highest BCUT2D eigenvalue weighted by Gasteiger charge is 2.37. The van der Waals surface area contributed by atoms with E-state index in [9.17, 15) is 14.4 Å². The quantitative estimate of drug-likeness (QED) is 0.753. The average Bonchev–Trinajstić information content (AvgIpc) is 2.92. The van der Waals surface area contributed by atoms with Gasteiger partial charge in [0.1, 0.15) is 17.5 Å². The molecular weight excluding hydrogens is 386 g/mol. The summed E-state index contributed by atoms with van der Waals surface area (Å²) in [5, 5.41) is 5.92. The van der Waals surface area contributed by atoms with Crippen molar-refractivity contribution in [3.05, 3.63) is 53.6 Å². The maximum Gasteiger partial charge on any atom is 0.412 e. The van der Waals surface area contributed by atoms with Gasteiger partial charge in [0.05, 0.1) is 29.9 Å². The van der Waals surface area contributed by atoms with E-state index in [1.165, 1.54) is 4.90 Å². The standard InChI is InChI=1S/C22H23N3O5/c1-22(2,3)30-21(28)24-13-8-9-18-17(10-13)23-11-14(29-18)12-25-19(26)15-6-4-5-7-16(15)20(25)27/h4-10,14,23H,11-12H2,1-3H3,(H,24,28). The molecule has 8 heteroatoms. The Hall–Kier alpha value is -3.55. The number of anilines is 2. The molecule has 8 nitrogen and oxygen atoms in total. The molecule has 0 radical (unpaired) electrons. The molecule has 30 heavy (non-hydrogen) atoms. The van der Waals surface area contributed by atoms with Crippen LogP contribution in [0.1, 0.15) is 41.5 Å². The SMILES string of the molecule is CC(C)(C)OC(=O)Nc1ccc2c(c1)NCC(CN1C(=O)c3ccccc3C1=O)O2. The Balaban J connectivity index is 1.41. The summed E-state index contributed by atoms with van der Waals surface area (Å²) in [7, 11) is 0. The summed E-state index contributed by atoms with van der Waals surface area (Å²) in [5.74, 6) is -0.0265. The van der Waals surface area contributed by atoms with Gasteiger partial charge in [-0.05, 0) is 51.1 Å². The van der Waals surface area contributed by atoms with E-state index in [2.05, 4.69) is 10.6 Å². The van der Waals surface area contributed by atoms with Gasteiger partial charge >= 0.3 is 6.09 Å². The molecule has 4 rings (SSSR count).